The largest absolute Gasteiger partial charge is 0.416 e. The van der Waals surface area contributed by atoms with Gasteiger partial charge in [-0.2, -0.15) is 13.2 Å². The van der Waals surface area contributed by atoms with Gasteiger partial charge < -0.3 is 4.74 Å². The van der Waals surface area contributed by atoms with Crippen LogP contribution < -0.4 is 0 Å². The van der Waals surface area contributed by atoms with Crippen molar-refractivity contribution in [2.75, 3.05) is 19.7 Å². The molecule has 1 aromatic rings. The first-order valence-corrected chi connectivity index (χ1v) is 6.72. The molecule has 0 aromatic heterocycles. The first-order chi connectivity index (χ1) is 9.38. The van der Waals surface area contributed by atoms with Gasteiger partial charge in [-0.3, -0.25) is 4.90 Å². The Bertz CT molecular complexity index is 459. The van der Waals surface area contributed by atoms with Crippen molar-refractivity contribution in [2.45, 2.75) is 32.5 Å². The molecule has 1 aliphatic rings. The lowest BCUT2D eigenvalue weighted by Crippen LogP contribution is -2.39. The third kappa shape index (κ3) is 3.73. The van der Waals surface area contributed by atoms with Crippen LogP contribution in [-0.4, -0.2) is 30.7 Å². The fraction of sp³-hybridized carbons (Fsp3) is 0.533. The summed E-state index contributed by atoms with van der Waals surface area (Å²) >= 11 is 0. The highest BCUT2D eigenvalue weighted by Crippen LogP contribution is 2.33. The van der Waals surface area contributed by atoms with Crippen LogP contribution >= 0.6 is 0 Å². The average Bonchev–Trinajstić information content (AvgIpc) is 2.36. The third-order valence-corrected chi connectivity index (χ3v) is 3.59. The second kappa shape index (κ2) is 6.14. The summed E-state index contributed by atoms with van der Waals surface area (Å²) < 4.78 is 44.0. The highest BCUT2D eigenvalue weighted by atomic mass is 19.4. The van der Waals surface area contributed by atoms with Crippen molar-refractivity contribution >= 4 is 0 Å². The number of alkyl halides is 3. The molecule has 1 unspecified atom stereocenters. The van der Waals surface area contributed by atoms with Crippen LogP contribution in [-0.2, 0) is 17.3 Å². The van der Waals surface area contributed by atoms with E-state index >= 15 is 0 Å². The second-order valence-corrected chi connectivity index (χ2v) is 5.15. The molecule has 1 radical (unpaired) electrons. The van der Waals surface area contributed by atoms with Gasteiger partial charge in [-0.25, -0.2) is 0 Å². The van der Waals surface area contributed by atoms with Gasteiger partial charge in [0.2, 0.25) is 0 Å². The van der Waals surface area contributed by atoms with E-state index in [9.17, 15) is 13.2 Å². The highest BCUT2D eigenvalue weighted by Gasteiger charge is 2.32. The van der Waals surface area contributed by atoms with Crippen LogP contribution in [0, 0.1) is 13.5 Å². The summed E-state index contributed by atoms with van der Waals surface area (Å²) in [5.41, 5.74) is 0.496. The van der Waals surface area contributed by atoms with Gasteiger partial charge in [0.1, 0.15) is 0 Å². The van der Waals surface area contributed by atoms with Crippen molar-refractivity contribution < 1.29 is 17.9 Å². The van der Waals surface area contributed by atoms with Crippen LogP contribution in [0.2, 0.25) is 0 Å². The van der Waals surface area contributed by atoms with Crippen molar-refractivity contribution in [3.63, 3.8) is 0 Å². The zero-order valence-electron chi connectivity index (χ0n) is 11.7. The van der Waals surface area contributed by atoms with Crippen LogP contribution in [0.3, 0.4) is 0 Å². The number of rotatable bonds is 3. The van der Waals surface area contributed by atoms with E-state index in [1.165, 1.54) is 13.0 Å². The molecule has 2 rings (SSSR count). The van der Waals surface area contributed by atoms with Crippen LogP contribution in [0.15, 0.2) is 18.2 Å². The quantitative estimate of drug-likeness (QED) is 0.844. The summed E-state index contributed by atoms with van der Waals surface area (Å²) in [5, 5.41) is 0. The molecule has 1 aromatic carbocycles. The molecule has 1 heterocycles. The molecule has 0 amide bonds. The summed E-state index contributed by atoms with van der Waals surface area (Å²) in [6.45, 7) is 7.75. The molecule has 0 aliphatic carbocycles. The Balaban J connectivity index is 2.03. The number of halogens is 3. The number of ether oxygens (including phenoxy) is 1. The van der Waals surface area contributed by atoms with E-state index < -0.39 is 11.7 Å². The molecule has 1 saturated heterocycles. The predicted molar refractivity (Wildman–Crippen MR) is 71.2 cm³/mol. The van der Waals surface area contributed by atoms with E-state index in [1.807, 2.05) is 13.5 Å². The molecule has 0 spiro atoms. The Morgan fingerprint density at radius 2 is 2.15 bits per heavy atom. The normalized spacial score (nSPS) is 21.1. The smallest absolute Gasteiger partial charge is 0.376 e. The number of morpholine rings is 1. The number of benzene rings is 1. The molecular weight excluding hydrogens is 267 g/mol. The molecule has 2 nitrogen and oxygen atoms in total. The number of hydrogen-bond acceptors (Lipinski definition) is 2. The minimum atomic E-state index is -4.28. The van der Waals surface area contributed by atoms with E-state index in [0.29, 0.717) is 18.6 Å². The molecule has 20 heavy (non-hydrogen) atoms. The van der Waals surface area contributed by atoms with E-state index in [0.717, 1.165) is 24.7 Å². The minimum Gasteiger partial charge on any atom is -0.376 e. The Kier molecular flexibility index (Phi) is 4.70. The maximum atomic E-state index is 12.8. The van der Waals surface area contributed by atoms with Gasteiger partial charge >= 0.3 is 6.18 Å². The lowest BCUT2D eigenvalue weighted by molar-refractivity contribution is -0.138. The van der Waals surface area contributed by atoms with E-state index in [4.69, 9.17) is 4.74 Å². The van der Waals surface area contributed by atoms with E-state index in [1.54, 1.807) is 6.07 Å². The molecule has 0 saturated carbocycles. The van der Waals surface area contributed by atoms with E-state index in [-0.39, 0.29) is 6.10 Å². The summed E-state index contributed by atoms with van der Waals surface area (Å²) in [5.74, 6) is 0. The number of hydrogen-bond donors (Lipinski definition) is 0. The van der Waals surface area contributed by atoms with Crippen molar-refractivity contribution in [3.8, 4) is 0 Å². The fourth-order valence-corrected chi connectivity index (χ4v) is 2.45. The lowest BCUT2D eigenvalue weighted by atomic mass is 9.99. The van der Waals surface area contributed by atoms with Crippen LogP contribution in [0.25, 0.3) is 0 Å². The Morgan fingerprint density at radius 3 is 2.80 bits per heavy atom. The Hall–Kier alpha value is -1.07. The van der Waals surface area contributed by atoms with Crippen LogP contribution in [0.1, 0.15) is 23.6 Å². The summed E-state index contributed by atoms with van der Waals surface area (Å²) in [4.78, 5) is 2.12. The van der Waals surface area contributed by atoms with Crippen LogP contribution in [0.4, 0.5) is 13.2 Å². The first kappa shape index (κ1) is 15.3. The highest BCUT2D eigenvalue weighted by molar-refractivity contribution is 5.36. The molecule has 0 N–H and O–H groups in total. The van der Waals surface area contributed by atoms with Gasteiger partial charge in [-0.05, 0) is 37.5 Å². The zero-order valence-corrected chi connectivity index (χ0v) is 11.7. The summed E-state index contributed by atoms with van der Waals surface area (Å²) in [7, 11) is 0. The first-order valence-electron chi connectivity index (χ1n) is 6.72. The molecule has 0 bridgehead atoms. The Labute approximate surface area is 117 Å². The summed E-state index contributed by atoms with van der Waals surface area (Å²) in [6.07, 6.45) is -3.60. The molecule has 5 heteroatoms. The lowest BCUT2D eigenvalue weighted by Gasteiger charge is -2.30. The second-order valence-electron chi connectivity index (χ2n) is 5.15. The van der Waals surface area contributed by atoms with Crippen molar-refractivity contribution in [1.29, 1.82) is 0 Å². The van der Waals surface area contributed by atoms with Gasteiger partial charge in [0.15, 0.2) is 0 Å². The van der Waals surface area contributed by atoms with Crippen molar-refractivity contribution in [1.82, 2.24) is 4.90 Å². The topological polar surface area (TPSA) is 12.5 Å². The summed E-state index contributed by atoms with van der Waals surface area (Å²) in [6, 6.07) is 4.36. The maximum absolute atomic E-state index is 12.8. The van der Waals surface area contributed by atoms with Gasteiger partial charge in [0, 0.05) is 19.6 Å². The van der Waals surface area contributed by atoms with Gasteiger partial charge in [0.25, 0.3) is 0 Å². The monoisotopic (exact) mass is 286 g/mol. The molecule has 1 atom stereocenters. The van der Waals surface area contributed by atoms with E-state index in [2.05, 4.69) is 4.90 Å². The standard InChI is InChI=1S/C15H19F3NO/c1-11-10-19(8-9-20-11)7-6-13-4-3-5-14(12(13)2)15(16,17)18/h3-5,7,11H,6,8-10H2,1-2H3. The fourth-order valence-electron chi connectivity index (χ4n) is 2.45. The number of nitrogens with zero attached hydrogens (tertiary/aromatic N) is 1. The average molecular weight is 286 g/mol. The SMILES string of the molecule is Cc1c(C[CH]N2CCOC(C)C2)cccc1C(F)(F)F. The van der Waals surface area contributed by atoms with Crippen LogP contribution in [0.5, 0.6) is 0 Å². The van der Waals surface area contributed by atoms with Gasteiger partial charge in [0.05, 0.1) is 18.3 Å². The molecule has 1 fully saturated rings. The Morgan fingerprint density at radius 1 is 1.40 bits per heavy atom. The maximum Gasteiger partial charge on any atom is 0.416 e. The van der Waals surface area contributed by atoms with Gasteiger partial charge in [-0.15, -0.1) is 0 Å². The third-order valence-electron chi connectivity index (χ3n) is 3.59. The molecule has 1 aliphatic heterocycles. The predicted octanol–water partition coefficient (Wildman–Crippen LogP) is 3.44. The molecular formula is C15H19F3NO. The van der Waals surface area contributed by atoms with Crippen molar-refractivity contribution in [2.24, 2.45) is 0 Å². The minimum absolute atomic E-state index is 0.169. The van der Waals surface area contributed by atoms with Gasteiger partial charge in [-0.1, -0.05) is 12.1 Å². The zero-order chi connectivity index (χ0) is 14.8. The molecule has 111 valence electrons. The van der Waals surface area contributed by atoms with Crippen molar-refractivity contribution in [3.05, 3.63) is 41.4 Å².